The van der Waals surface area contributed by atoms with Gasteiger partial charge in [0.05, 0.1) is 25.9 Å². The summed E-state index contributed by atoms with van der Waals surface area (Å²) in [6, 6.07) is 12.8. The third-order valence-corrected chi connectivity index (χ3v) is 6.14. The van der Waals surface area contributed by atoms with Gasteiger partial charge in [-0.2, -0.15) is 0 Å². The maximum Gasteiger partial charge on any atom is 0.191 e. The maximum absolute atomic E-state index is 5.80. The topological polar surface area (TPSA) is 67.4 Å². The molecule has 1 fully saturated rings. The van der Waals surface area contributed by atoms with Crippen molar-refractivity contribution in [2.45, 2.75) is 19.0 Å². The highest BCUT2D eigenvalue weighted by Crippen LogP contribution is 2.25. The van der Waals surface area contributed by atoms with Crippen LogP contribution in [0.3, 0.4) is 0 Å². The molecule has 7 nitrogen and oxygen atoms in total. The van der Waals surface area contributed by atoms with Gasteiger partial charge in [-0.15, -0.1) is 35.3 Å². The first-order valence-corrected chi connectivity index (χ1v) is 11.7. The Hall–Kier alpha value is -1.40. The molecule has 1 aromatic heterocycles. The van der Waals surface area contributed by atoms with Crippen molar-refractivity contribution in [2.24, 2.45) is 4.99 Å². The lowest BCUT2D eigenvalue weighted by atomic mass is 10.2. The van der Waals surface area contributed by atoms with Crippen molar-refractivity contribution in [3.63, 3.8) is 0 Å². The lowest BCUT2D eigenvalue weighted by Crippen LogP contribution is -2.46. The average Bonchev–Trinajstić information content (AvgIpc) is 3.34. The van der Waals surface area contributed by atoms with Gasteiger partial charge >= 0.3 is 0 Å². The van der Waals surface area contributed by atoms with Crippen LogP contribution in [-0.2, 0) is 16.0 Å². The number of halogens is 1. The second-order valence-electron chi connectivity index (χ2n) is 7.33. The van der Waals surface area contributed by atoms with Crippen LogP contribution >= 0.6 is 35.3 Å². The molecule has 1 atom stereocenters. The molecule has 1 aliphatic rings. The van der Waals surface area contributed by atoms with Crippen molar-refractivity contribution in [1.29, 1.82) is 0 Å². The number of ether oxygens (including phenoxy) is 3. The van der Waals surface area contributed by atoms with E-state index in [9.17, 15) is 0 Å². The Morgan fingerprint density at radius 1 is 1.19 bits per heavy atom. The predicted molar refractivity (Wildman–Crippen MR) is 141 cm³/mol. The molecule has 0 radical (unpaired) electrons. The number of rotatable bonds is 11. The maximum atomic E-state index is 5.80. The van der Waals surface area contributed by atoms with E-state index in [4.69, 9.17) is 14.2 Å². The Bertz CT molecular complexity index is 785. The molecule has 32 heavy (non-hydrogen) atoms. The Morgan fingerprint density at radius 3 is 2.75 bits per heavy atom. The Kier molecular flexibility index (Phi) is 13.0. The number of morpholine rings is 1. The molecule has 1 aliphatic heterocycles. The van der Waals surface area contributed by atoms with Crippen LogP contribution in [0, 0.1) is 0 Å². The second-order valence-corrected chi connectivity index (χ2v) is 8.31. The third kappa shape index (κ3) is 8.86. The number of nitrogens with zero attached hydrogens (tertiary/aromatic N) is 2. The van der Waals surface area contributed by atoms with Crippen molar-refractivity contribution >= 4 is 41.3 Å². The summed E-state index contributed by atoms with van der Waals surface area (Å²) >= 11 is 1.80. The van der Waals surface area contributed by atoms with Crippen molar-refractivity contribution in [3.05, 3.63) is 52.2 Å². The lowest BCUT2D eigenvalue weighted by molar-refractivity contribution is 0.0177. The summed E-state index contributed by atoms with van der Waals surface area (Å²) in [5, 5.41) is 9.06. The smallest absolute Gasteiger partial charge is 0.191 e. The quantitative estimate of drug-likeness (QED) is 0.185. The number of benzene rings is 1. The number of aliphatic imine (C=N–C) groups is 1. The minimum atomic E-state index is 0. The highest BCUT2D eigenvalue weighted by molar-refractivity contribution is 14.0. The number of hydrogen-bond donors (Lipinski definition) is 2. The standard InChI is InChI=1S/C23H34N4O3S.HI/c1-24-23(25-17-19-6-3-7-20(16-19)30-12-5-11-28-2)26-18-21(22-8-4-15-31-22)27-9-13-29-14-10-27;/h3-4,6-8,15-16,21H,5,9-14,17-18H2,1-2H3,(H2,24,25,26);1H. The number of methoxy groups -OCH3 is 1. The fraction of sp³-hybridized carbons (Fsp3) is 0.522. The molecule has 178 valence electrons. The van der Waals surface area contributed by atoms with Gasteiger partial charge in [0, 0.05) is 58.2 Å². The van der Waals surface area contributed by atoms with Crippen LogP contribution < -0.4 is 15.4 Å². The number of nitrogens with one attached hydrogen (secondary N) is 2. The van der Waals surface area contributed by atoms with Crippen LogP contribution in [-0.4, -0.2) is 71.1 Å². The first-order valence-electron chi connectivity index (χ1n) is 10.8. The molecule has 1 saturated heterocycles. The van der Waals surface area contributed by atoms with Crippen LogP contribution in [0.15, 0.2) is 46.8 Å². The normalized spacial score (nSPS) is 15.6. The van der Waals surface area contributed by atoms with E-state index < -0.39 is 0 Å². The minimum Gasteiger partial charge on any atom is -0.493 e. The molecule has 9 heteroatoms. The molecule has 0 spiro atoms. The molecule has 0 amide bonds. The van der Waals surface area contributed by atoms with E-state index in [1.807, 2.05) is 12.1 Å². The van der Waals surface area contributed by atoms with E-state index in [1.54, 1.807) is 25.5 Å². The first kappa shape index (κ1) is 26.8. The van der Waals surface area contributed by atoms with E-state index in [-0.39, 0.29) is 24.0 Å². The number of hydrogen-bond acceptors (Lipinski definition) is 6. The molecular weight excluding hydrogens is 539 g/mol. The molecule has 0 saturated carbocycles. The fourth-order valence-electron chi connectivity index (χ4n) is 3.52. The summed E-state index contributed by atoms with van der Waals surface area (Å²) in [4.78, 5) is 8.25. The molecule has 3 rings (SSSR count). The van der Waals surface area contributed by atoms with E-state index in [0.717, 1.165) is 56.5 Å². The monoisotopic (exact) mass is 574 g/mol. The highest BCUT2D eigenvalue weighted by Gasteiger charge is 2.23. The van der Waals surface area contributed by atoms with Gasteiger partial charge in [0.25, 0.3) is 0 Å². The van der Waals surface area contributed by atoms with Crippen molar-refractivity contribution in [3.8, 4) is 5.75 Å². The molecule has 0 aliphatic carbocycles. The summed E-state index contributed by atoms with van der Waals surface area (Å²) in [7, 11) is 3.51. The van der Waals surface area contributed by atoms with Crippen LogP contribution in [0.25, 0.3) is 0 Å². The van der Waals surface area contributed by atoms with E-state index in [2.05, 4.69) is 50.2 Å². The molecule has 1 unspecified atom stereocenters. The van der Waals surface area contributed by atoms with Gasteiger partial charge in [0.2, 0.25) is 0 Å². The zero-order valence-corrected chi connectivity index (χ0v) is 22.1. The number of guanidine groups is 1. The van der Waals surface area contributed by atoms with E-state index in [1.165, 1.54) is 4.88 Å². The summed E-state index contributed by atoms with van der Waals surface area (Å²) in [6.45, 7) is 6.32. The molecule has 2 heterocycles. The van der Waals surface area contributed by atoms with Gasteiger partial charge < -0.3 is 24.8 Å². The van der Waals surface area contributed by atoms with Crippen molar-refractivity contribution in [1.82, 2.24) is 15.5 Å². The Balaban J connectivity index is 0.00000363. The highest BCUT2D eigenvalue weighted by atomic mass is 127. The summed E-state index contributed by atoms with van der Waals surface area (Å²) < 4.78 is 16.4. The van der Waals surface area contributed by atoms with Gasteiger partial charge in [-0.1, -0.05) is 18.2 Å². The second kappa shape index (κ2) is 15.4. The van der Waals surface area contributed by atoms with Crippen LogP contribution in [0.5, 0.6) is 5.75 Å². The van der Waals surface area contributed by atoms with E-state index >= 15 is 0 Å². The molecule has 2 aromatic rings. The zero-order chi connectivity index (χ0) is 21.7. The molecule has 2 N–H and O–H groups in total. The SMILES string of the molecule is CN=C(NCc1cccc(OCCCOC)c1)NCC(c1cccs1)N1CCOCC1.I. The van der Waals surface area contributed by atoms with Crippen molar-refractivity contribution < 1.29 is 14.2 Å². The lowest BCUT2D eigenvalue weighted by Gasteiger charge is -2.34. The van der Waals surface area contributed by atoms with Crippen LogP contribution in [0.4, 0.5) is 0 Å². The van der Waals surface area contributed by atoms with Gasteiger partial charge in [0.15, 0.2) is 5.96 Å². The average molecular weight is 575 g/mol. The summed E-state index contributed by atoms with van der Waals surface area (Å²) in [6.07, 6.45) is 0.879. The molecule has 1 aromatic carbocycles. The van der Waals surface area contributed by atoms with Crippen molar-refractivity contribution in [2.75, 3.05) is 60.2 Å². The molecular formula is C23H35IN4O3S. The fourth-order valence-corrected chi connectivity index (χ4v) is 4.38. The minimum absolute atomic E-state index is 0. The van der Waals surface area contributed by atoms with E-state index in [0.29, 0.717) is 25.8 Å². The largest absolute Gasteiger partial charge is 0.493 e. The zero-order valence-electron chi connectivity index (χ0n) is 18.9. The van der Waals surface area contributed by atoms with Gasteiger partial charge in [-0.3, -0.25) is 9.89 Å². The van der Waals surface area contributed by atoms with Gasteiger partial charge in [-0.05, 0) is 29.1 Å². The van der Waals surface area contributed by atoms with Gasteiger partial charge in [-0.25, -0.2) is 0 Å². The van der Waals surface area contributed by atoms with Crippen LogP contribution in [0.1, 0.15) is 22.9 Å². The Labute approximate surface area is 212 Å². The predicted octanol–water partition coefficient (Wildman–Crippen LogP) is 3.52. The molecule has 0 bridgehead atoms. The first-order chi connectivity index (χ1) is 15.3. The van der Waals surface area contributed by atoms with Gasteiger partial charge in [0.1, 0.15) is 5.75 Å². The number of thiophene rings is 1. The Morgan fingerprint density at radius 2 is 2.03 bits per heavy atom. The van der Waals surface area contributed by atoms with Crippen LogP contribution in [0.2, 0.25) is 0 Å². The summed E-state index contributed by atoms with van der Waals surface area (Å²) in [5.74, 6) is 1.67. The third-order valence-electron chi connectivity index (χ3n) is 5.16. The summed E-state index contributed by atoms with van der Waals surface area (Å²) in [5.41, 5.74) is 1.15.